The second kappa shape index (κ2) is 5.52. The molecule has 17 heavy (non-hydrogen) atoms. The van der Waals surface area contributed by atoms with Gasteiger partial charge in [0.05, 0.1) is 17.9 Å². The molecule has 1 aromatic heterocycles. The number of likely N-dealkylation sites (N-methyl/N-ethyl adjacent to an activating group) is 2. The van der Waals surface area contributed by atoms with Crippen LogP contribution in [0.15, 0.2) is 12.1 Å². The molecule has 1 heterocycles. The van der Waals surface area contributed by atoms with Crippen LogP contribution in [0.2, 0.25) is 0 Å². The fourth-order valence-electron chi connectivity index (χ4n) is 1.39. The van der Waals surface area contributed by atoms with Gasteiger partial charge in [-0.25, -0.2) is 4.98 Å². The summed E-state index contributed by atoms with van der Waals surface area (Å²) in [5.41, 5.74) is 7.18. The summed E-state index contributed by atoms with van der Waals surface area (Å²) in [5, 5.41) is 0. The van der Waals surface area contributed by atoms with Crippen molar-refractivity contribution in [1.82, 2.24) is 9.88 Å². The van der Waals surface area contributed by atoms with Gasteiger partial charge in [-0.3, -0.25) is 4.79 Å². The van der Waals surface area contributed by atoms with E-state index in [1.807, 2.05) is 30.9 Å². The highest BCUT2D eigenvalue weighted by Gasteiger charge is 2.13. The van der Waals surface area contributed by atoms with Gasteiger partial charge in [-0.1, -0.05) is 0 Å². The van der Waals surface area contributed by atoms with E-state index in [1.165, 1.54) is 0 Å². The summed E-state index contributed by atoms with van der Waals surface area (Å²) in [4.78, 5) is 19.6. The molecule has 0 radical (unpaired) electrons. The Morgan fingerprint density at radius 2 is 2.06 bits per heavy atom. The first-order valence-corrected chi connectivity index (χ1v) is 5.64. The molecule has 0 aliphatic carbocycles. The van der Waals surface area contributed by atoms with Crippen LogP contribution in [0.4, 0.5) is 11.5 Å². The highest BCUT2D eigenvalue weighted by atomic mass is 16.2. The fraction of sp³-hybridized carbons (Fsp3) is 0.500. The molecule has 0 aliphatic heterocycles. The summed E-state index contributed by atoms with van der Waals surface area (Å²) in [6.07, 6.45) is 0. The number of nitrogens with two attached hydrogens (primary N) is 1. The number of hydrogen-bond donors (Lipinski definition) is 1. The van der Waals surface area contributed by atoms with Crippen LogP contribution in [0.25, 0.3) is 0 Å². The lowest BCUT2D eigenvalue weighted by atomic mass is 10.3. The van der Waals surface area contributed by atoms with Gasteiger partial charge in [0.15, 0.2) is 0 Å². The molecular weight excluding hydrogens is 216 g/mol. The normalized spacial score (nSPS) is 10.1. The minimum atomic E-state index is 0.0585. The van der Waals surface area contributed by atoms with Crippen LogP contribution >= 0.6 is 0 Å². The van der Waals surface area contributed by atoms with E-state index in [0.717, 1.165) is 18.1 Å². The maximum atomic E-state index is 11.7. The molecule has 0 aromatic carbocycles. The average molecular weight is 236 g/mol. The quantitative estimate of drug-likeness (QED) is 0.843. The minimum absolute atomic E-state index is 0.0585. The minimum Gasteiger partial charge on any atom is -0.397 e. The van der Waals surface area contributed by atoms with Gasteiger partial charge in [0, 0.05) is 20.6 Å². The number of carbonyl (C=O) groups is 1. The first-order chi connectivity index (χ1) is 7.95. The second-order valence-corrected chi connectivity index (χ2v) is 4.15. The molecule has 5 nitrogen and oxygen atoms in total. The summed E-state index contributed by atoms with van der Waals surface area (Å²) in [5.74, 6) is 0.845. The van der Waals surface area contributed by atoms with Crippen molar-refractivity contribution in [3.63, 3.8) is 0 Å². The van der Waals surface area contributed by atoms with Crippen molar-refractivity contribution < 1.29 is 4.79 Å². The Morgan fingerprint density at radius 1 is 1.41 bits per heavy atom. The van der Waals surface area contributed by atoms with Crippen LogP contribution in [0.3, 0.4) is 0 Å². The standard InChI is InChI=1S/C12H20N4O/c1-5-16(8-12(17)15(3)4)11-7-6-10(13)9(2)14-11/h6-7H,5,8,13H2,1-4H3. The smallest absolute Gasteiger partial charge is 0.241 e. The van der Waals surface area contributed by atoms with Crippen LogP contribution in [-0.4, -0.2) is 43.0 Å². The maximum Gasteiger partial charge on any atom is 0.241 e. The Morgan fingerprint density at radius 3 is 2.53 bits per heavy atom. The van der Waals surface area contributed by atoms with E-state index in [2.05, 4.69) is 4.98 Å². The summed E-state index contributed by atoms with van der Waals surface area (Å²) in [6, 6.07) is 3.66. The first-order valence-electron chi connectivity index (χ1n) is 5.64. The third kappa shape index (κ3) is 3.34. The van der Waals surface area contributed by atoms with Crippen LogP contribution in [-0.2, 0) is 4.79 Å². The average Bonchev–Trinajstić information content (AvgIpc) is 2.29. The number of nitrogen functional groups attached to an aromatic ring is 1. The molecule has 0 fully saturated rings. The lowest BCUT2D eigenvalue weighted by molar-refractivity contribution is -0.127. The Hall–Kier alpha value is -1.78. The zero-order chi connectivity index (χ0) is 13.0. The lowest BCUT2D eigenvalue weighted by Gasteiger charge is -2.23. The van der Waals surface area contributed by atoms with E-state index >= 15 is 0 Å². The van der Waals surface area contributed by atoms with Crippen LogP contribution < -0.4 is 10.6 Å². The van der Waals surface area contributed by atoms with Crippen molar-refractivity contribution in [3.05, 3.63) is 17.8 Å². The number of rotatable bonds is 4. The van der Waals surface area contributed by atoms with Crippen LogP contribution in [0.1, 0.15) is 12.6 Å². The van der Waals surface area contributed by atoms with Gasteiger partial charge in [0.1, 0.15) is 5.82 Å². The Balaban J connectivity index is 2.86. The van der Waals surface area contributed by atoms with E-state index in [4.69, 9.17) is 5.73 Å². The molecule has 0 bridgehead atoms. The van der Waals surface area contributed by atoms with Gasteiger partial charge in [-0.15, -0.1) is 0 Å². The Labute approximate surface area is 102 Å². The molecule has 0 saturated carbocycles. The predicted molar refractivity (Wildman–Crippen MR) is 70.0 cm³/mol. The summed E-state index contributed by atoms with van der Waals surface area (Å²) < 4.78 is 0. The van der Waals surface area contributed by atoms with Crippen molar-refractivity contribution in [1.29, 1.82) is 0 Å². The highest BCUT2D eigenvalue weighted by Crippen LogP contribution is 2.15. The van der Waals surface area contributed by atoms with E-state index in [0.29, 0.717) is 12.2 Å². The molecule has 0 spiro atoms. The maximum absolute atomic E-state index is 11.7. The van der Waals surface area contributed by atoms with Crippen LogP contribution in [0, 0.1) is 6.92 Å². The number of nitrogens with zero attached hydrogens (tertiary/aromatic N) is 3. The SMILES string of the molecule is CCN(CC(=O)N(C)C)c1ccc(N)c(C)n1. The lowest BCUT2D eigenvalue weighted by Crippen LogP contribution is -2.37. The third-order valence-electron chi connectivity index (χ3n) is 2.64. The zero-order valence-corrected chi connectivity index (χ0v) is 10.9. The predicted octanol–water partition coefficient (Wildman–Crippen LogP) is 0.887. The van der Waals surface area contributed by atoms with Crippen molar-refractivity contribution in [3.8, 4) is 0 Å². The van der Waals surface area contributed by atoms with Gasteiger partial charge in [-0.05, 0) is 26.0 Å². The fourth-order valence-corrected chi connectivity index (χ4v) is 1.39. The number of aromatic nitrogens is 1. The highest BCUT2D eigenvalue weighted by molar-refractivity contribution is 5.80. The molecule has 1 rings (SSSR count). The van der Waals surface area contributed by atoms with Gasteiger partial charge in [0.25, 0.3) is 0 Å². The van der Waals surface area contributed by atoms with Crippen LogP contribution in [0.5, 0.6) is 0 Å². The number of anilines is 2. The van der Waals surface area contributed by atoms with Gasteiger partial charge in [0.2, 0.25) is 5.91 Å². The number of pyridine rings is 1. The van der Waals surface area contributed by atoms with E-state index in [-0.39, 0.29) is 5.91 Å². The topological polar surface area (TPSA) is 62.5 Å². The number of amides is 1. The van der Waals surface area contributed by atoms with E-state index in [9.17, 15) is 4.79 Å². The second-order valence-electron chi connectivity index (χ2n) is 4.15. The molecule has 1 aromatic rings. The summed E-state index contributed by atoms with van der Waals surface area (Å²) in [6.45, 7) is 4.92. The molecule has 2 N–H and O–H groups in total. The third-order valence-corrected chi connectivity index (χ3v) is 2.64. The number of carbonyl (C=O) groups excluding carboxylic acids is 1. The zero-order valence-electron chi connectivity index (χ0n) is 10.9. The van der Waals surface area contributed by atoms with Crippen molar-refractivity contribution in [2.45, 2.75) is 13.8 Å². The van der Waals surface area contributed by atoms with Crippen molar-refractivity contribution in [2.75, 3.05) is 37.8 Å². The molecule has 94 valence electrons. The molecule has 0 unspecified atom stereocenters. The summed E-state index contributed by atoms with van der Waals surface area (Å²) in [7, 11) is 3.50. The molecule has 0 saturated heterocycles. The molecule has 0 atom stereocenters. The first kappa shape index (κ1) is 13.3. The largest absolute Gasteiger partial charge is 0.397 e. The van der Waals surface area contributed by atoms with E-state index in [1.54, 1.807) is 19.0 Å². The Bertz CT molecular complexity index is 403. The number of aryl methyl sites for hydroxylation is 1. The van der Waals surface area contributed by atoms with Crippen molar-refractivity contribution in [2.24, 2.45) is 0 Å². The van der Waals surface area contributed by atoms with Gasteiger partial charge < -0.3 is 15.5 Å². The summed E-state index contributed by atoms with van der Waals surface area (Å²) >= 11 is 0. The Kier molecular flexibility index (Phi) is 4.31. The molecule has 0 aliphatic rings. The van der Waals surface area contributed by atoms with Gasteiger partial charge in [-0.2, -0.15) is 0 Å². The molecular formula is C12H20N4O. The molecule has 1 amide bonds. The molecule has 5 heteroatoms. The van der Waals surface area contributed by atoms with Crippen molar-refractivity contribution >= 4 is 17.4 Å². The monoisotopic (exact) mass is 236 g/mol. The van der Waals surface area contributed by atoms with Gasteiger partial charge >= 0.3 is 0 Å². The number of hydrogen-bond acceptors (Lipinski definition) is 4. The van der Waals surface area contributed by atoms with E-state index < -0.39 is 0 Å².